The van der Waals surface area contributed by atoms with E-state index < -0.39 is 0 Å². The molecule has 0 atom stereocenters. The van der Waals surface area contributed by atoms with Crippen molar-refractivity contribution in [2.75, 3.05) is 6.61 Å². The maximum Gasteiger partial charge on any atom is 0.207 e. The van der Waals surface area contributed by atoms with Crippen molar-refractivity contribution in [3.8, 4) is 23.1 Å². The molecule has 1 heterocycles. The Balaban J connectivity index is 0.00000242. The van der Waals surface area contributed by atoms with Gasteiger partial charge in [-0.15, -0.1) is 28.7 Å². The number of hydrogen-bond acceptors (Lipinski definition) is 3. The molecule has 0 fully saturated rings. The largest absolute Gasteiger partial charge is 0.479 e. The smallest absolute Gasteiger partial charge is 0.207 e. The molecule has 4 nitrogen and oxygen atoms in total. The van der Waals surface area contributed by atoms with Gasteiger partial charge < -0.3 is 9.30 Å². The normalized spacial score (nSPS) is 9.73. The van der Waals surface area contributed by atoms with Crippen molar-refractivity contribution in [3.05, 3.63) is 49.3 Å². The summed E-state index contributed by atoms with van der Waals surface area (Å²) in [5.74, 6) is 0.515. The van der Waals surface area contributed by atoms with Gasteiger partial charge in [0.2, 0.25) is 5.56 Å². The van der Waals surface area contributed by atoms with Crippen molar-refractivity contribution in [2.24, 2.45) is 0 Å². The Labute approximate surface area is 172 Å². The quantitative estimate of drug-likeness (QED) is 0.475. The predicted octanol–water partition coefficient (Wildman–Crippen LogP) is 3.49. The number of pyridine rings is 1. The van der Waals surface area contributed by atoms with Crippen molar-refractivity contribution in [1.29, 1.82) is 5.26 Å². The fourth-order valence-corrected chi connectivity index (χ4v) is 2.63. The van der Waals surface area contributed by atoms with E-state index in [0.717, 1.165) is 0 Å². The second-order valence-electron chi connectivity index (χ2n) is 4.12. The fraction of sp³-hybridized carbons (Fsp3) is 0.200. The van der Waals surface area contributed by atoms with E-state index in [-0.39, 0.29) is 44.9 Å². The number of rotatable bonds is 4. The number of ether oxygens (including phenoxy) is 1. The minimum absolute atomic E-state index is 0. The van der Waals surface area contributed by atoms with Crippen LogP contribution in [0.15, 0.2) is 29.1 Å². The molecule has 0 saturated heterocycles. The topological polar surface area (TPSA) is 55.0 Å². The van der Waals surface area contributed by atoms with Crippen LogP contribution < -0.4 is 10.3 Å². The summed E-state index contributed by atoms with van der Waals surface area (Å²) in [6.07, 6.45) is 0. The molecule has 111 valence electrons. The monoisotopic (exact) mass is 502 g/mol. The molecular weight excluding hydrogens is 491 g/mol. The van der Waals surface area contributed by atoms with Gasteiger partial charge in [0, 0.05) is 39.3 Å². The molecule has 1 aromatic carbocycles. The van der Waals surface area contributed by atoms with E-state index in [1.165, 1.54) is 0 Å². The van der Waals surface area contributed by atoms with Crippen LogP contribution in [0.5, 0.6) is 5.75 Å². The molecule has 1 radical (unpaired) electrons. The molecule has 1 aromatic heterocycles. The van der Waals surface area contributed by atoms with Crippen LogP contribution in [0.3, 0.4) is 0 Å². The zero-order chi connectivity index (χ0) is 15.4. The van der Waals surface area contributed by atoms with E-state index in [9.17, 15) is 4.79 Å². The van der Waals surface area contributed by atoms with Crippen molar-refractivity contribution in [3.63, 3.8) is 0 Å². The standard InChI is InChI=1S/C15H11ClIN2O2.Y/c1-2-19-14(6-5-13(17)15(19)20)11-4-3-10(9-12(11)16)21-8-7-18;/h3-5,9H,2,8H2,1H3;/q-1;. The van der Waals surface area contributed by atoms with E-state index in [1.54, 1.807) is 28.8 Å². The van der Waals surface area contributed by atoms with Crippen LogP contribution in [0.25, 0.3) is 11.3 Å². The summed E-state index contributed by atoms with van der Waals surface area (Å²) >= 11 is 8.25. The Morgan fingerprint density at radius 1 is 1.50 bits per heavy atom. The minimum Gasteiger partial charge on any atom is -0.479 e. The molecule has 7 heteroatoms. The van der Waals surface area contributed by atoms with Gasteiger partial charge in [-0.05, 0) is 27.6 Å². The number of hydrogen-bond donors (Lipinski definition) is 0. The average molecular weight is 503 g/mol. The van der Waals surface area contributed by atoms with Crippen LogP contribution in [0, 0.1) is 21.0 Å². The molecule has 0 saturated carbocycles. The Morgan fingerprint density at radius 2 is 2.23 bits per heavy atom. The summed E-state index contributed by atoms with van der Waals surface area (Å²) in [5, 5.41) is 8.95. The maximum atomic E-state index is 12.1. The molecule has 22 heavy (non-hydrogen) atoms. The van der Waals surface area contributed by atoms with Crippen LogP contribution in [0.4, 0.5) is 0 Å². The van der Waals surface area contributed by atoms with Gasteiger partial charge in [-0.1, -0.05) is 22.9 Å². The van der Waals surface area contributed by atoms with Gasteiger partial charge >= 0.3 is 0 Å². The molecule has 2 rings (SSSR count). The maximum absolute atomic E-state index is 12.1. The van der Waals surface area contributed by atoms with E-state index >= 15 is 0 Å². The number of nitrogens with zero attached hydrogens (tertiary/aromatic N) is 2. The SMILES string of the molecule is CCn1c(-c2ccc(OCC#N)cc2Cl)[c-]cc(I)c1=O.[Y]. The Bertz CT molecular complexity index is 771. The van der Waals surface area contributed by atoms with Crippen molar-refractivity contribution in [2.45, 2.75) is 13.5 Å². The third-order valence-electron chi connectivity index (χ3n) is 2.87. The summed E-state index contributed by atoms with van der Waals surface area (Å²) in [6, 6.07) is 11.8. The van der Waals surface area contributed by atoms with Crippen LogP contribution in [0.1, 0.15) is 6.92 Å². The second-order valence-corrected chi connectivity index (χ2v) is 5.69. The Hall–Kier alpha value is -0.416. The van der Waals surface area contributed by atoms with E-state index in [2.05, 4.69) is 6.07 Å². The van der Waals surface area contributed by atoms with Crippen molar-refractivity contribution in [1.82, 2.24) is 4.57 Å². The average Bonchev–Trinajstić information content (AvgIpc) is 2.48. The zero-order valence-electron chi connectivity index (χ0n) is 11.8. The van der Waals surface area contributed by atoms with Crippen LogP contribution in [-0.2, 0) is 39.3 Å². The van der Waals surface area contributed by atoms with Gasteiger partial charge in [0.1, 0.15) is 11.8 Å². The third-order valence-corrected chi connectivity index (χ3v) is 3.96. The molecule has 2 aromatic rings. The first-order valence-electron chi connectivity index (χ1n) is 6.19. The number of aromatic nitrogens is 1. The van der Waals surface area contributed by atoms with Gasteiger partial charge in [0.15, 0.2) is 6.61 Å². The molecule has 0 amide bonds. The molecule has 0 bridgehead atoms. The number of nitriles is 1. The molecule has 0 unspecified atom stereocenters. The summed E-state index contributed by atoms with van der Waals surface area (Å²) in [5.41, 5.74) is 1.28. The summed E-state index contributed by atoms with van der Waals surface area (Å²) in [4.78, 5) is 12.1. The number of halogens is 2. The Morgan fingerprint density at radius 3 is 2.82 bits per heavy atom. The van der Waals surface area contributed by atoms with Gasteiger partial charge in [-0.25, -0.2) is 0 Å². The van der Waals surface area contributed by atoms with Crippen LogP contribution in [0.2, 0.25) is 5.02 Å². The van der Waals surface area contributed by atoms with Gasteiger partial charge in [0.25, 0.3) is 0 Å². The van der Waals surface area contributed by atoms with Crippen molar-refractivity contribution < 1.29 is 37.4 Å². The summed E-state index contributed by atoms with van der Waals surface area (Å²) in [7, 11) is 0. The van der Waals surface area contributed by atoms with Crippen molar-refractivity contribution >= 4 is 34.2 Å². The Kier molecular flexibility index (Phi) is 8.05. The first-order valence-corrected chi connectivity index (χ1v) is 7.64. The van der Waals surface area contributed by atoms with E-state index in [4.69, 9.17) is 21.6 Å². The number of benzene rings is 1. The van der Waals surface area contributed by atoms with Gasteiger partial charge in [-0.3, -0.25) is 4.79 Å². The molecule has 0 aliphatic carbocycles. The zero-order valence-corrected chi connectivity index (χ0v) is 17.5. The molecule has 0 N–H and O–H groups in total. The molecule has 0 aliphatic heterocycles. The summed E-state index contributed by atoms with van der Waals surface area (Å²) < 4.78 is 7.44. The predicted molar refractivity (Wildman–Crippen MR) is 89.5 cm³/mol. The van der Waals surface area contributed by atoms with Gasteiger partial charge in [-0.2, -0.15) is 17.4 Å². The van der Waals surface area contributed by atoms with E-state index in [0.29, 0.717) is 32.1 Å². The molecule has 0 aliphatic rings. The third kappa shape index (κ3) is 4.32. The first kappa shape index (κ1) is 19.6. The van der Waals surface area contributed by atoms with Gasteiger partial charge in [0.05, 0.1) is 0 Å². The molecular formula is C15H11ClIN2O2Y-. The molecule has 0 spiro atoms. The summed E-state index contributed by atoms with van der Waals surface area (Å²) in [6.45, 7) is 2.39. The fourth-order valence-electron chi connectivity index (χ4n) is 1.92. The first-order chi connectivity index (χ1) is 10.1. The minimum atomic E-state index is -0.0623. The van der Waals surface area contributed by atoms with E-state index in [1.807, 2.05) is 35.6 Å². The van der Waals surface area contributed by atoms with Crippen LogP contribution in [-0.4, -0.2) is 11.2 Å². The second kappa shape index (κ2) is 9.02. The van der Waals surface area contributed by atoms with Crippen LogP contribution >= 0.6 is 34.2 Å².